The fourth-order valence-electron chi connectivity index (χ4n) is 1.01. The van der Waals surface area contributed by atoms with Crippen molar-refractivity contribution in [2.45, 2.75) is 18.7 Å². The molecule has 0 aliphatic rings. The minimum atomic E-state index is 0.442. The lowest BCUT2D eigenvalue weighted by Gasteiger charge is -1.98. The zero-order valence-electron chi connectivity index (χ0n) is 7.42. The number of allylic oxidation sites excluding steroid dienone is 1. The lowest BCUT2D eigenvalue weighted by molar-refractivity contribution is 1.28. The summed E-state index contributed by atoms with van der Waals surface area (Å²) in [5.41, 5.74) is 2.62. The van der Waals surface area contributed by atoms with E-state index in [-0.39, 0.29) is 0 Å². The fraction of sp³-hybridized carbons (Fsp3) is 0.273. The summed E-state index contributed by atoms with van der Waals surface area (Å²) in [5.74, 6) is 0. The second kappa shape index (κ2) is 4.46. The smallest absolute Gasteiger partial charge is 0.0300 e. The maximum absolute atomic E-state index is 3.47. The molecule has 0 saturated carbocycles. The number of hydrogen-bond donors (Lipinski definition) is 0. The van der Waals surface area contributed by atoms with Gasteiger partial charge in [-0.25, -0.2) is 0 Å². The van der Waals surface area contributed by atoms with Crippen molar-refractivity contribution in [1.82, 2.24) is 0 Å². The van der Waals surface area contributed by atoms with Crippen molar-refractivity contribution in [1.29, 1.82) is 0 Å². The predicted molar refractivity (Wildman–Crippen MR) is 58.6 cm³/mol. The third-order valence-electron chi connectivity index (χ3n) is 1.73. The van der Waals surface area contributed by atoms with E-state index < -0.39 is 0 Å². The summed E-state index contributed by atoms with van der Waals surface area (Å²) in [7, 11) is 0. The first-order valence-corrected chi connectivity index (χ1v) is 4.99. The van der Waals surface area contributed by atoms with Crippen LogP contribution in [0.3, 0.4) is 0 Å². The van der Waals surface area contributed by atoms with Gasteiger partial charge < -0.3 is 0 Å². The molecule has 0 fully saturated rings. The van der Waals surface area contributed by atoms with Gasteiger partial charge >= 0.3 is 0 Å². The summed E-state index contributed by atoms with van der Waals surface area (Å²) in [6, 6.07) is 8.37. The highest BCUT2D eigenvalue weighted by Gasteiger charge is 1.91. The van der Waals surface area contributed by atoms with Gasteiger partial charge in [-0.1, -0.05) is 52.3 Å². The Bertz CT molecular complexity index is 274. The maximum Gasteiger partial charge on any atom is 0.0300 e. The van der Waals surface area contributed by atoms with Crippen LogP contribution in [0.15, 0.2) is 30.3 Å². The zero-order valence-corrected chi connectivity index (χ0v) is 9.01. The van der Waals surface area contributed by atoms with Gasteiger partial charge in [0.15, 0.2) is 0 Å². The minimum Gasteiger partial charge on any atom is -0.0848 e. The van der Waals surface area contributed by atoms with Crippen molar-refractivity contribution in [3.8, 4) is 0 Å². The average molecular weight is 225 g/mol. The van der Waals surface area contributed by atoms with E-state index in [1.807, 2.05) is 0 Å². The maximum atomic E-state index is 3.47. The molecule has 1 rings (SSSR count). The van der Waals surface area contributed by atoms with Crippen LogP contribution in [0.25, 0.3) is 6.08 Å². The number of benzene rings is 1. The molecular weight excluding hydrogens is 212 g/mol. The predicted octanol–water partition coefficient (Wildman–Crippen LogP) is 3.79. The van der Waals surface area contributed by atoms with Crippen LogP contribution in [-0.2, 0) is 0 Å². The van der Waals surface area contributed by atoms with Gasteiger partial charge in [-0.2, -0.15) is 0 Å². The molecule has 0 spiro atoms. The molecule has 0 aliphatic heterocycles. The van der Waals surface area contributed by atoms with Crippen molar-refractivity contribution in [2.24, 2.45) is 0 Å². The fourth-order valence-corrected chi connectivity index (χ4v) is 1.16. The first-order valence-electron chi connectivity index (χ1n) is 4.08. The molecule has 0 N–H and O–H groups in total. The van der Waals surface area contributed by atoms with Crippen molar-refractivity contribution in [3.05, 3.63) is 41.5 Å². The van der Waals surface area contributed by atoms with E-state index in [1.54, 1.807) is 0 Å². The second-order valence-electron chi connectivity index (χ2n) is 2.89. The summed E-state index contributed by atoms with van der Waals surface area (Å²) < 4.78 is 0. The van der Waals surface area contributed by atoms with Gasteiger partial charge in [0, 0.05) is 4.83 Å². The Labute approximate surface area is 82.4 Å². The van der Waals surface area contributed by atoms with Crippen LogP contribution < -0.4 is 0 Å². The van der Waals surface area contributed by atoms with E-state index >= 15 is 0 Å². The van der Waals surface area contributed by atoms with E-state index in [2.05, 4.69) is 66.2 Å². The number of hydrogen-bond acceptors (Lipinski definition) is 0. The normalized spacial score (nSPS) is 13.6. The monoisotopic (exact) mass is 224 g/mol. The van der Waals surface area contributed by atoms with Crippen LogP contribution >= 0.6 is 15.9 Å². The minimum absolute atomic E-state index is 0.442. The van der Waals surface area contributed by atoms with E-state index in [0.717, 1.165) is 0 Å². The Morgan fingerprint density at radius 3 is 2.58 bits per heavy atom. The lowest BCUT2D eigenvalue weighted by atomic mass is 10.1. The molecule has 0 aliphatic carbocycles. The third kappa shape index (κ3) is 2.82. The van der Waals surface area contributed by atoms with Crippen molar-refractivity contribution in [3.63, 3.8) is 0 Å². The highest BCUT2D eigenvalue weighted by atomic mass is 79.9. The van der Waals surface area contributed by atoms with Crippen LogP contribution in [0.2, 0.25) is 0 Å². The highest BCUT2D eigenvalue weighted by molar-refractivity contribution is 9.09. The van der Waals surface area contributed by atoms with Crippen molar-refractivity contribution >= 4 is 22.0 Å². The SMILES string of the molecule is Cc1ccccc1/C=C/C(C)Br. The average Bonchev–Trinajstić information content (AvgIpc) is 2.03. The molecule has 1 heteroatoms. The van der Waals surface area contributed by atoms with Gasteiger partial charge in [0.25, 0.3) is 0 Å². The van der Waals surface area contributed by atoms with Crippen LogP contribution in [0, 0.1) is 6.92 Å². The summed E-state index contributed by atoms with van der Waals surface area (Å²) in [4.78, 5) is 0.442. The number of aryl methyl sites for hydroxylation is 1. The van der Waals surface area contributed by atoms with Crippen molar-refractivity contribution in [2.75, 3.05) is 0 Å². The molecule has 0 aromatic heterocycles. The van der Waals surface area contributed by atoms with Crippen LogP contribution in [-0.4, -0.2) is 4.83 Å². The van der Waals surface area contributed by atoms with E-state index in [4.69, 9.17) is 0 Å². The van der Waals surface area contributed by atoms with Gasteiger partial charge in [-0.15, -0.1) is 0 Å². The van der Waals surface area contributed by atoms with Gasteiger partial charge in [0.1, 0.15) is 0 Å². The van der Waals surface area contributed by atoms with Crippen molar-refractivity contribution < 1.29 is 0 Å². The van der Waals surface area contributed by atoms with Crippen LogP contribution in [0.1, 0.15) is 18.1 Å². The first kappa shape index (κ1) is 9.53. The molecule has 64 valence electrons. The first-order chi connectivity index (χ1) is 5.70. The molecule has 12 heavy (non-hydrogen) atoms. The molecule has 1 aromatic rings. The topological polar surface area (TPSA) is 0 Å². The lowest BCUT2D eigenvalue weighted by Crippen LogP contribution is -1.82. The number of halogens is 1. The van der Waals surface area contributed by atoms with E-state index in [1.165, 1.54) is 11.1 Å². The van der Waals surface area contributed by atoms with E-state index in [0.29, 0.717) is 4.83 Å². The Hall–Kier alpha value is -0.560. The molecule has 1 unspecified atom stereocenters. The molecule has 1 atom stereocenters. The summed E-state index contributed by atoms with van der Waals surface area (Å²) in [6.45, 7) is 4.23. The van der Waals surface area contributed by atoms with Crippen LogP contribution in [0.5, 0.6) is 0 Å². The molecule has 0 heterocycles. The molecule has 0 radical (unpaired) electrons. The second-order valence-corrected chi connectivity index (χ2v) is 4.34. The molecule has 1 aromatic carbocycles. The highest BCUT2D eigenvalue weighted by Crippen LogP contribution is 2.10. The van der Waals surface area contributed by atoms with Gasteiger partial charge in [-0.3, -0.25) is 0 Å². The van der Waals surface area contributed by atoms with Crippen LogP contribution in [0.4, 0.5) is 0 Å². The molecule has 0 amide bonds. The Kier molecular flexibility index (Phi) is 3.54. The number of alkyl halides is 1. The standard InChI is InChI=1S/C11H13Br/c1-9-5-3-4-6-11(9)8-7-10(2)12/h3-8,10H,1-2H3/b8-7+. The van der Waals surface area contributed by atoms with Gasteiger partial charge in [-0.05, 0) is 25.0 Å². The molecule has 0 saturated heterocycles. The van der Waals surface area contributed by atoms with Gasteiger partial charge in [0.2, 0.25) is 0 Å². The third-order valence-corrected chi connectivity index (χ3v) is 2.03. The summed E-state index contributed by atoms with van der Waals surface area (Å²) >= 11 is 3.47. The Morgan fingerprint density at radius 2 is 2.00 bits per heavy atom. The molecule has 0 bridgehead atoms. The van der Waals surface area contributed by atoms with Gasteiger partial charge in [0.05, 0.1) is 0 Å². The number of rotatable bonds is 2. The van der Waals surface area contributed by atoms with E-state index in [9.17, 15) is 0 Å². The summed E-state index contributed by atoms with van der Waals surface area (Å²) in [5, 5.41) is 0. The molecular formula is C11H13Br. The molecule has 0 nitrogen and oxygen atoms in total. The summed E-state index contributed by atoms with van der Waals surface area (Å²) in [6.07, 6.45) is 4.29. The Balaban J connectivity index is 2.82. The largest absolute Gasteiger partial charge is 0.0848 e. The zero-order chi connectivity index (χ0) is 8.97. The Morgan fingerprint density at radius 1 is 1.33 bits per heavy atom. The quantitative estimate of drug-likeness (QED) is 0.671.